The van der Waals surface area contributed by atoms with E-state index < -0.39 is 0 Å². The third-order valence-corrected chi connectivity index (χ3v) is 2.88. The van der Waals surface area contributed by atoms with Crippen LogP contribution in [-0.4, -0.2) is 39.6 Å². The van der Waals surface area contributed by atoms with Crippen molar-refractivity contribution in [3.05, 3.63) is 6.92 Å². The second-order valence-corrected chi connectivity index (χ2v) is 3.54. The lowest BCUT2D eigenvalue weighted by atomic mass is 9.83. The van der Waals surface area contributed by atoms with E-state index in [0.29, 0.717) is 0 Å². The van der Waals surface area contributed by atoms with Crippen molar-refractivity contribution in [2.24, 2.45) is 5.92 Å². The molecule has 1 fully saturated rings. The Morgan fingerprint density at radius 3 is 1.69 bits per heavy atom. The van der Waals surface area contributed by atoms with Crippen LogP contribution >= 0.6 is 0 Å². The van der Waals surface area contributed by atoms with E-state index in [4.69, 9.17) is 14.2 Å². The summed E-state index contributed by atoms with van der Waals surface area (Å²) in [4.78, 5) is 0. The Labute approximate surface area is 80.4 Å². The van der Waals surface area contributed by atoms with Gasteiger partial charge in [-0.25, -0.2) is 0 Å². The molecule has 1 rings (SSSR count). The van der Waals surface area contributed by atoms with Gasteiger partial charge in [-0.05, 0) is 6.92 Å². The molecule has 0 aromatic rings. The topological polar surface area (TPSA) is 27.7 Å². The highest BCUT2D eigenvalue weighted by molar-refractivity contribution is 4.89. The second-order valence-electron chi connectivity index (χ2n) is 3.54. The summed E-state index contributed by atoms with van der Waals surface area (Å²) in [5, 5.41) is 0. The third kappa shape index (κ3) is 2.42. The first kappa shape index (κ1) is 11.0. The molecule has 0 spiro atoms. The predicted octanol–water partition coefficient (Wildman–Crippen LogP) is 1.28. The van der Waals surface area contributed by atoms with Crippen LogP contribution in [0, 0.1) is 12.8 Å². The van der Waals surface area contributed by atoms with Crippen molar-refractivity contribution in [3.63, 3.8) is 0 Å². The van der Waals surface area contributed by atoms with Crippen LogP contribution in [-0.2, 0) is 14.2 Å². The average Bonchev–Trinajstić information content (AvgIpc) is 2.18. The summed E-state index contributed by atoms with van der Waals surface area (Å²) >= 11 is 0. The lowest BCUT2D eigenvalue weighted by molar-refractivity contribution is -0.0962. The standard InChI is InChI=1S/C10H19O3/c1-7-9(12-3)5-8(11-2)6-10(7)13-4/h7-10H,1,5-6H2,2-4H3. The molecule has 0 amide bonds. The van der Waals surface area contributed by atoms with Gasteiger partial charge in [-0.15, -0.1) is 0 Å². The fourth-order valence-electron chi connectivity index (χ4n) is 1.94. The van der Waals surface area contributed by atoms with Crippen molar-refractivity contribution >= 4 is 0 Å². The van der Waals surface area contributed by atoms with Crippen molar-refractivity contribution in [3.8, 4) is 0 Å². The van der Waals surface area contributed by atoms with Gasteiger partial charge < -0.3 is 14.2 Å². The normalized spacial score (nSPS) is 40.6. The first-order valence-corrected chi connectivity index (χ1v) is 4.64. The SMILES string of the molecule is [CH2]C1C(OC)CC(OC)CC1OC. The molecular weight excluding hydrogens is 168 g/mol. The lowest BCUT2D eigenvalue weighted by Crippen LogP contribution is -2.43. The van der Waals surface area contributed by atoms with Gasteiger partial charge >= 0.3 is 0 Å². The molecule has 13 heavy (non-hydrogen) atoms. The minimum absolute atomic E-state index is 0.156. The lowest BCUT2D eigenvalue weighted by Gasteiger charge is -2.38. The molecule has 0 aromatic carbocycles. The molecule has 0 N–H and O–H groups in total. The van der Waals surface area contributed by atoms with E-state index >= 15 is 0 Å². The van der Waals surface area contributed by atoms with Gasteiger partial charge in [0.25, 0.3) is 0 Å². The molecule has 1 aliphatic rings. The van der Waals surface area contributed by atoms with Gasteiger partial charge in [0.2, 0.25) is 0 Å². The Morgan fingerprint density at radius 1 is 0.923 bits per heavy atom. The highest BCUT2D eigenvalue weighted by Gasteiger charge is 2.35. The van der Waals surface area contributed by atoms with Crippen LogP contribution in [0.1, 0.15) is 12.8 Å². The minimum atomic E-state index is 0.156. The average molecular weight is 187 g/mol. The van der Waals surface area contributed by atoms with Crippen LogP contribution in [0.25, 0.3) is 0 Å². The summed E-state index contributed by atoms with van der Waals surface area (Å²) < 4.78 is 16.0. The van der Waals surface area contributed by atoms with E-state index in [9.17, 15) is 0 Å². The molecule has 77 valence electrons. The maximum atomic E-state index is 5.35. The predicted molar refractivity (Wildman–Crippen MR) is 50.5 cm³/mol. The number of methoxy groups -OCH3 is 3. The molecule has 2 atom stereocenters. The molecule has 0 heterocycles. The number of ether oxygens (including phenoxy) is 3. The highest BCUT2D eigenvalue weighted by atomic mass is 16.5. The van der Waals surface area contributed by atoms with Gasteiger partial charge in [0.1, 0.15) is 0 Å². The van der Waals surface area contributed by atoms with Crippen molar-refractivity contribution in [2.75, 3.05) is 21.3 Å². The zero-order valence-corrected chi connectivity index (χ0v) is 8.66. The molecule has 1 radical (unpaired) electrons. The molecule has 0 aliphatic heterocycles. The van der Waals surface area contributed by atoms with E-state index in [-0.39, 0.29) is 24.2 Å². The highest BCUT2D eigenvalue weighted by Crippen LogP contribution is 2.29. The molecular formula is C10H19O3. The Hall–Kier alpha value is -0.120. The third-order valence-electron chi connectivity index (χ3n) is 2.88. The zero-order valence-electron chi connectivity index (χ0n) is 8.66. The smallest absolute Gasteiger partial charge is 0.0649 e. The van der Waals surface area contributed by atoms with Crippen LogP contribution in [0.15, 0.2) is 0 Å². The van der Waals surface area contributed by atoms with Crippen LogP contribution in [0.5, 0.6) is 0 Å². The van der Waals surface area contributed by atoms with Gasteiger partial charge in [-0.1, -0.05) is 0 Å². The molecule has 0 aromatic heterocycles. The van der Waals surface area contributed by atoms with Crippen molar-refractivity contribution < 1.29 is 14.2 Å². The zero-order chi connectivity index (χ0) is 9.84. The fourth-order valence-corrected chi connectivity index (χ4v) is 1.94. The molecule has 3 nitrogen and oxygen atoms in total. The maximum absolute atomic E-state index is 5.35. The van der Waals surface area contributed by atoms with Gasteiger partial charge in [0, 0.05) is 40.1 Å². The molecule has 0 saturated heterocycles. The molecule has 1 aliphatic carbocycles. The number of hydrogen-bond donors (Lipinski definition) is 0. The van der Waals surface area contributed by atoms with Crippen LogP contribution in [0.3, 0.4) is 0 Å². The Balaban J connectivity index is 2.56. The molecule has 3 heteroatoms. The minimum Gasteiger partial charge on any atom is -0.381 e. The first-order valence-electron chi connectivity index (χ1n) is 4.64. The van der Waals surface area contributed by atoms with Crippen molar-refractivity contribution in [2.45, 2.75) is 31.2 Å². The summed E-state index contributed by atoms with van der Waals surface area (Å²) in [7, 11) is 5.16. The summed E-state index contributed by atoms with van der Waals surface area (Å²) in [5.41, 5.74) is 0. The van der Waals surface area contributed by atoms with E-state index in [0.717, 1.165) is 12.8 Å². The van der Waals surface area contributed by atoms with Crippen LogP contribution in [0.4, 0.5) is 0 Å². The van der Waals surface area contributed by atoms with E-state index in [1.165, 1.54) is 0 Å². The summed E-state index contributed by atoms with van der Waals surface area (Å²) in [6, 6.07) is 0. The Bertz CT molecular complexity index is 135. The molecule has 2 unspecified atom stereocenters. The summed E-state index contributed by atoms with van der Waals surface area (Å²) in [6.45, 7) is 4.07. The fraction of sp³-hybridized carbons (Fsp3) is 0.900. The molecule has 1 saturated carbocycles. The van der Waals surface area contributed by atoms with E-state index in [1.807, 2.05) is 0 Å². The quantitative estimate of drug-likeness (QED) is 0.666. The largest absolute Gasteiger partial charge is 0.381 e. The van der Waals surface area contributed by atoms with Gasteiger partial charge in [-0.2, -0.15) is 0 Å². The summed E-state index contributed by atoms with van der Waals surface area (Å²) in [6.07, 6.45) is 2.39. The Kier molecular flexibility index (Phi) is 4.16. The van der Waals surface area contributed by atoms with Gasteiger partial charge in [0.15, 0.2) is 0 Å². The number of hydrogen-bond acceptors (Lipinski definition) is 3. The van der Waals surface area contributed by atoms with E-state index in [2.05, 4.69) is 6.92 Å². The Morgan fingerprint density at radius 2 is 1.38 bits per heavy atom. The second kappa shape index (κ2) is 4.94. The van der Waals surface area contributed by atoms with Crippen LogP contribution < -0.4 is 0 Å². The number of rotatable bonds is 3. The summed E-state index contributed by atoms with van der Waals surface area (Å²) in [5.74, 6) is 0.210. The first-order chi connectivity index (χ1) is 6.22. The van der Waals surface area contributed by atoms with E-state index in [1.54, 1.807) is 21.3 Å². The van der Waals surface area contributed by atoms with Crippen molar-refractivity contribution in [1.29, 1.82) is 0 Å². The van der Waals surface area contributed by atoms with Crippen molar-refractivity contribution in [1.82, 2.24) is 0 Å². The van der Waals surface area contributed by atoms with Crippen LogP contribution in [0.2, 0.25) is 0 Å². The monoisotopic (exact) mass is 187 g/mol. The molecule has 0 bridgehead atoms. The van der Waals surface area contributed by atoms with Gasteiger partial charge in [-0.3, -0.25) is 0 Å². The maximum Gasteiger partial charge on any atom is 0.0649 e. The van der Waals surface area contributed by atoms with Gasteiger partial charge in [0.05, 0.1) is 18.3 Å².